The summed E-state index contributed by atoms with van der Waals surface area (Å²) < 4.78 is 13.0. The highest BCUT2D eigenvalue weighted by Crippen LogP contribution is 2.18. The molecule has 5 heteroatoms. The first-order valence-electron chi connectivity index (χ1n) is 7.15. The van der Waals surface area contributed by atoms with Crippen molar-refractivity contribution in [1.82, 2.24) is 4.90 Å². The molecule has 1 aliphatic rings. The van der Waals surface area contributed by atoms with Crippen molar-refractivity contribution in [1.29, 1.82) is 0 Å². The number of nitrogens with zero attached hydrogens (tertiary/aromatic N) is 1. The predicted octanol–water partition coefficient (Wildman–Crippen LogP) is 1.82. The van der Waals surface area contributed by atoms with Crippen molar-refractivity contribution in [3.63, 3.8) is 0 Å². The maximum absolute atomic E-state index is 13.0. The summed E-state index contributed by atoms with van der Waals surface area (Å²) in [6, 6.07) is 5.96. The van der Waals surface area contributed by atoms with Gasteiger partial charge in [0.15, 0.2) is 0 Å². The van der Waals surface area contributed by atoms with Gasteiger partial charge in [0.25, 0.3) is 0 Å². The Kier molecular flexibility index (Phi) is 5.49. The van der Waals surface area contributed by atoms with Gasteiger partial charge in [-0.1, -0.05) is 6.07 Å². The molecule has 0 aliphatic carbocycles. The summed E-state index contributed by atoms with van der Waals surface area (Å²) in [4.78, 5) is 14.1. The number of halogens is 1. The summed E-state index contributed by atoms with van der Waals surface area (Å²) in [6.07, 6.45) is 3.32. The monoisotopic (exact) mass is 279 g/mol. The lowest BCUT2D eigenvalue weighted by molar-refractivity contribution is -0.117. The number of hydrogen-bond donors (Lipinski definition) is 2. The van der Waals surface area contributed by atoms with Gasteiger partial charge in [0.1, 0.15) is 5.82 Å². The van der Waals surface area contributed by atoms with Crippen LogP contribution in [0.1, 0.15) is 19.3 Å². The number of benzene rings is 1. The SMILES string of the molecule is NCCC1CCCN(CC(=O)Nc2cccc(F)c2)C1. The first kappa shape index (κ1) is 14.9. The Morgan fingerprint density at radius 2 is 2.35 bits per heavy atom. The Bertz CT molecular complexity index is 450. The van der Waals surface area contributed by atoms with E-state index in [-0.39, 0.29) is 11.7 Å². The minimum Gasteiger partial charge on any atom is -0.330 e. The van der Waals surface area contributed by atoms with Gasteiger partial charge in [-0.25, -0.2) is 4.39 Å². The molecule has 2 rings (SSSR count). The molecule has 1 unspecified atom stereocenters. The Hall–Kier alpha value is -1.46. The third kappa shape index (κ3) is 4.58. The fourth-order valence-electron chi connectivity index (χ4n) is 2.74. The van der Waals surface area contributed by atoms with Crippen LogP contribution < -0.4 is 11.1 Å². The Morgan fingerprint density at radius 3 is 3.10 bits per heavy atom. The highest BCUT2D eigenvalue weighted by Gasteiger charge is 2.20. The van der Waals surface area contributed by atoms with Gasteiger partial charge in [-0.3, -0.25) is 9.69 Å². The van der Waals surface area contributed by atoms with Crippen molar-refractivity contribution in [2.75, 3.05) is 31.5 Å². The highest BCUT2D eigenvalue weighted by molar-refractivity contribution is 5.92. The van der Waals surface area contributed by atoms with Crippen LogP contribution in [0.4, 0.5) is 10.1 Å². The summed E-state index contributed by atoms with van der Waals surface area (Å²) in [5.74, 6) is 0.156. The van der Waals surface area contributed by atoms with Crippen LogP contribution in [0.3, 0.4) is 0 Å². The second-order valence-electron chi connectivity index (χ2n) is 5.38. The second-order valence-corrected chi connectivity index (χ2v) is 5.38. The van der Waals surface area contributed by atoms with E-state index in [9.17, 15) is 9.18 Å². The van der Waals surface area contributed by atoms with E-state index in [0.29, 0.717) is 24.7 Å². The molecule has 4 nitrogen and oxygen atoms in total. The molecule has 1 aromatic carbocycles. The predicted molar refractivity (Wildman–Crippen MR) is 77.9 cm³/mol. The van der Waals surface area contributed by atoms with E-state index in [1.165, 1.54) is 18.6 Å². The highest BCUT2D eigenvalue weighted by atomic mass is 19.1. The lowest BCUT2D eigenvalue weighted by atomic mass is 9.95. The zero-order valence-electron chi connectivity index (χ0n) is 11.6. The number of amides is 1. The third-order valence-electron chi connectivity index (χ3n) is 3.65. The van der Waals surface area contributed by atoms with Crippen LogP contribution >= 0.6 is 0 Å². The number of likely N-dealkylation sites (tertiary alicyclic amines) is 1. The fraction of sp³-hybridized carbons (Fsp3) is 0.533. The topological polar surface area (TPSA) is 58.4 Å². The fourth-order valence-corrected chi connectivity index (χ4v) is 2.74. The average Bonchev–Trinajstić information content (AvgIpc) is 2.39. The van der Waals surface area contributed by atoms with Crippen molar-refractivity contribution in [3.05, 3.63) is 30.1 Å². The van der Waals surface area contributed by atoms with Crippen LogP contribution in [-0.2, 0) is 4.79 Å². The molecule has 20 heavy (non-hydrogen) atoms. The average molecular weight is 279 g/mol. The number of carbonyl (C=O) groups is 1. The Morgan fingerprint density at radius 1 is 1.50 bits per heavy atom. The summed E-state index contributed by atoms with van der Waals surface area (Å²) in [5.41, 5.74) is 6.09. The molecular weight excluding hydrogens is 257 g/mol. The summed E-state index contributed by atoms with van der Waals surface area (Å²) in [7, 11) is 0. The molecule has 1 aliphatic heterocycles. The Labute approximate surface area is 119 Å². The quantitative estimate of drug-likeness (QED) is 0.864. The van der Waals surface area contributed by atoms with Gasteiger partial charge in [-0.05, 0) is 56.5 Å². The molecule has 0 spiro atoms. The van der Waals surface area contributed by atoms with E-state index < -0.39 is 0 Å². The number of piperidine rings is 1. The zero-order valence-corrected chi connectivity index (χ0v) is 11.6. The van der Waals surface area contributed by atoms with E-state index in [1.54, 1.807) is 12.1 Å². The maximum atomic E-state index is 13.0. The van der Waals surface area contributed by atoms with Gasteiger partial charge < -0.3 is 11.1 Å². The first-order valence-corrected chi connectivity index (χ1v) is 7.15. The molecule has 0 radical (unpaired) electrons. The molecule has 1 aromatic rings. The van der Waals surface area contributed by atoms with Crippen LogP contribution in [0.5, 0.6) is 0 Å². The lowest BCUT2D eigenvalue weighted by Gasteiger charge is -2.32. The minimum absolute atomic E-state index is 0.0935. The summed E-state index contributed by atoms with van der Waals surface area (Å²) in [6.45, 7) is 2.93. The first-order chi connectivity index (χ1) is 9.67. The Balaban J connectivity index is 1.82. The van der Waals surface area contributed by atoms with Gasteiger partial charge in [0.05, 0.1) is 6.54 Å². The van der Waals surface area contributed by atoms with Crippen LogP contribution in [0, 0.1) is 11.7 Å². The van der Waals surface area contributed by atoms with Crippen molar-refractivity contribution in [2.24, 2.45) is 11.7 Å². The number of nitrogens with two attached hydrogens (primary N) is 1. The smallest absolute Gasteiger partial charge is 0.238 e. The molecule has 1 atom stereocenters. The molecule has 0 aromatic heterocycles. The number of nitrogens with one attached hydrogen (secondary N) is 1. The van der Waals surface area contributed by atoms with Crippen molar-refractivity contribution in [3.8, 4) is 0 Å². The molecule has 0 bridgehead atoms. The van der Waals surface area contributed by atoms with E-state index in [1.807, 2.05) is 0 Å². The molecule has 3 N–H and O–H groups in total. The van der Waals surface area contributed by atoms with Gasteiger partial charge >= 0.3 is 0 Å². The molecular formula is C15H22FN3O. The molecule has 1 amide bonds. The number of carbonyl (C=O) groups excluding carboxylic acids is 1. The van der Waals surface area contributed by atoms with Crippen molar-refractivity contribution in [2.45, 2.75) is 19.3 Å². The lowest BCUT2D eigenvalue weighted by Crippen LogP contribution is -2.40. The largest absolute Gasteiger partial charge is 0.330 e. The second kappa shape index (κ2) is 7.36. The van der Waals surface area contributed by atoms with E-state index in [2.05, 4.69) is 10.2 Å². The standard InChI is InChI=1S/C15H22FN3O/c16-13-4-1-5-14(9-13)18-15(20)11-19-8-2-3-12(10-19)6-7-17/h1,4-5,9,12H,2-3,6-8,10-11,17H2,(H,18,20). The van der Waals surface area contributed by atoms with Gasteiger partial charge in [-0.2, -0.15) is 0 Å². The van der Waals surface area contributed by atoms with E-state index in [4.69, 9.17) is 5.73 Å². The maximum Gasteiger partial charge on any atom is 0.238 e. The summed E-state index contributed by atoms with van der Waals surface area (Å²) >= 11 is 0. The van der Waals surface area contributed by atoms with Crippen LogP contribution in [0.15, 0.2) is 24.3 Å². The van der Waals surface area contributed by atoms with Crippen molar-refractivity contribution < 1.29 is 9.18 Å². The molecule has 0 saturated carbocycles. The van der Waals surface area contributed by atoms with Gasteiger partial charge in [-0.15, -0.1) is 0 Å². The molecule has 1 heterocycles. The van der Waals surface area contributed by atoms with E-state index >= 15 is 0 Å². The molecule has 1 saturated heterocycles. The third-order valence-corrected chi connectivity index (χ3v) is 3.65. The van der Waals surface area contributed by atoms with Crippen LogP contribution in [-0.4, -0.2) is 37.0 Å². The zero-order chi connectivity index (χ0) is 14.4. The van der Waals surface area contributed by atoms with Crippen LogP contribution in [0.25, 0.3) is 0 Å². The van der Waals surface area contributed by atoms with Crippen LogP contribution in [0.2, 0.25) is 0 Å². The number of anilines is 1. The van der Waals surface area contributed by atoms with E-state index in [0.717, 1.165) is 25.9 Å². The molecule has 110 valence electrons. The number of hydrogen-bond acceptors (Lipinski definition) is 3. The minimum atomic E-state index is -0.344. The summed E-state index contributed by atoms with van der Waals surface area (Å²) in [5, 5.41) is 2.73. The van der Waals surface area contributed by atoms with Crippen molar-refractivity contribution >= 4 is 11.6 Å². The van der Waals surface area contributed by atoms with Gasteiger partial charge in [0, 0.05) is 12.2 Å². The van der Waals surface area contributed by atoms with Gasteiger partial charge in [0.2, 0.25) is 5.91 Å². The number of rotatable bonds is 5. The normalized spacial score (nSPS) is 19.8. The molecule has 1 fully saturated rings.